The van der Waals surface area contributed by atoms with Crippen molar-refractivity contribution in [3.05, 3.63) is 70.3 Å². The molecule has 1 aromatic carbocycles. The zero-order valence-corrected chi connectivity index (χ0v) is 36.2. The van der Waals surface area contributed by atoms with Crippen molar-refractivity contribution in [2.24, 2.45) is 0 Å². The van der Waals surface area contributed by atoms with Crippen LogP contribution in [0.1, 0.15) is 98.2 Å². The highest BCUT2D eigenvalue weighted by Crippen LogP contribution is 2.33. The van der Waals surface area contributed by atoms with Gasteiger partial charge in [0, 0.05) is 99.2 Å². The van der Waals surface area contributed by atoms with Crippen LogP contribution >= 0.6 is 0 Å². The van der Waals surface area contributed by atoms with Gasteiger partial charge in [0.2, 0.25) is 5.91 Å². The van der Waals surface area contributed by atoms with E-state index < -0.39 is 12.1 Å². The van der Waals surface area contributed by atoms with Gasteiger partial charge in [-0.2, -0.15) is 23.4 Å². The lowest BCUT2D eigenvalue weighted by Gasteiger charge is -2.26. The van der Waals surface area contributed by atoms with Crippen molar-refractivity contribution in [1.29, 1.82) is 0 Å². The number of fused-ring (bicyclic) bond motifs is 2. The fraction of sp³-hybridized carbons (Fsp3) is 0.523. The van der Waals surface area contributed by atoms with Crippen LogP contribution in [-0.4, -0.2) is 97.1 Å². The molecule has 63 heavy (non-hydrogen) atoms. The molecule has 2 amide bonds. The van der Waals surface area contributed by atoms with Crippen LogP contribution in [0.3, 0.4) is 0 Å². The van der Waals surface area contributed by atoms with Crippen LogP contribution in [-0.2, 0) is 64.5 Å². The molecule has 0 radical (unpaired) electrons. The van der Waals surface area contributed by atoms with Gasteiger partial charge in [0.1, 0.15) is 0 Å². The van der Waals surface area contributed by atoms with E-state index in [2.05, 4.69) is 59.2 Å². The Balaban J connectivity index is 0.000000871. The normalized spacial score (nSPS) is 14.9. The molecule has 2 saturated heterocycles. The van der Waals surface area contributed by atoms with E-state index in [4.69, 9.17) is 29.3 Å². The van der Waals surface area contributed by atoms with E-state index in [1.807, 2.05) is 46.0 Å². The average molecular weight is 879 g/mol. The molecule has 2 aliphatic rings. The summed E-state index contributed by atoms with van der Waals surface area (Å²) in [5.74, 6) is -2.96. The number of hydrogen-bond donors (Lipinski definition) is 5. The number of hydrogen-bond acceptors (Lipinski definition) is 11. The number of halogens is 3. The number of anilines is 2. The van der Waals surface area contributed by atoms with E-state index in [9.17, 15) is 22.8 Å². The van der Waals surface area contributed by atoms with Crippen LogP contribution in [0.5, 0.6) is 0 Å². The number of pyridine rings is 2. The van der Waals surface area contributed by atoms with Gasteiger partial charge in [-0.25, -0.2) is 24.1 Å². The number of ether oxygens (including phenoxy) is 2. The van der Waals surface area contributed by atoms with Crippen molar-refractivity contribution in [2.45, 2.75) is 124 Å². The summed E-state index contributed by atoms with van der Waals surface area (Å²) in [6.07, 6.45) is 4.71. The Morgan fingerprint density at radius 3 is 1.59 bits per heavy atom. The number of carbonyl (C=O) groups excluding carboxylic acids is 2. The van der Waals surface area contributed by atoms with Crippen LogP contribution in [0, 0.1) is 0 Å². The van der Waals surface area contributed by atoms with Gasteiger partial charge in [-0.05, 0) is 76.5 Å². The van der Waals surface area contributed by atoms with Gasteiger partial charge in [0.25, 0.3) is 5.91 Å². The van der Waals surface area contributed by atoms with E-state index in [1.54, 1.807) is 0 Å². The van der Waals surface area contributed by atoms with Crippen LogP contribution in [0.25, 0.3) is 22.1 Å². The number of aliphatic carboxylic acids is 1. The monoisotopic (exact) mass is 878 g/mol. The summed E-state index contributed by atoms with van der Waals surface area (Å²) < 4.78 is 46.8. The molecule has 0 saturated carbocycles. The minimum absolute atomic E-state index is 0.0396. The molecule has 19 heteroatoms. The Morgan fingerprint density at radius 1 is 0.730 bits per heavy atom. The molecule has 0 unspecified atom stereocenters. The summed E-state index contributed by atoms with van der Waals surface area (Å²) in [5, 5.41) is 32.1. The third kappa shape index (κ3) is 11.6. The maximum absolute atomic E-state index is 13.5. The quantitative estimate of drug-likeness (QED) is 0.0739. The number of nitrogens with one attached hydrogen (secondary N) is 4. The predicted molar refractivity (Wildman–Crippen MR) is 232 cm³/mol. The minimum atomic E-state index is -5.08. The molecule has 5 N–H and O–H groups in total. The number of benzene rings is 1. The molecule has 340 valence electrons. The zero-order chi connectivity index (χ0) is 45.1. The predicted octanol–water partition coefficient (Wildman–Crippen LogP) is 6.33. The highest BCUT2D eigenvalue weighted by atomic mass is 19.4. The van der Waals surface area contributed by atoms with Crippen LogP contribution < -0.4 is 21.3 Å². The highest BCUT2D eigenvalue weighted by molar-refractivity contribution is 5.95. The third-order valence-corrected chi connectivity index (χ3v) is 11.3. The molecule has 0 atom stereocenters. The average Bonchev–Trinajstić information content (AvgIpc) is 3.91. The third-order valence-electron chi connectivity index (χ3n) is 11.3. The molecule has 0 bridgehead atoms. The molecule has 5 aromatic rings. The molecule has 16 nitrogen and oxygen atoms in total. The molecular formula is C44H57F3N10O6. The van der Waals surface area contributed by atoms with Gasteiger partial charge in [0.05, 0.1) is 34.5 Å². The van der Waals surface area contributed by atoms with E-state index in [0.29, 0.717) is 31.5 Å². The van der Waals surface area contributed by atoms with Gasteiger partial charge in [-0.15, -0.1) is 0 Å². The highest BCUT2D eigenvalue weighted by Gasteiger charge is 2.38. The maximum atomic E-state index is 13.5. The first-order valence-corrected chi connectivity index (χ1v) is 21.7. The van der Waals surface area contributed by atoms with Crippen molar-refractivity contribution in [3.63, 3.8) is 0 Å². The number of amides is 2. The fourth-order valence-electron chi connectivity index (χ4n) is 7.83. The standard InChI is InChI=1S/C42H56N10O4.C2HF3O2/c1-5-35-31(38(47-29-15-19-55-20-16-29)33-25-45-51(7-3)40(33)49-35)23-43-37(53)14-11-27-9-12-28(13-10-27)42(54)44-24-32-36(6-2)50-41-34(26-46-52(41)8-4)39(32)48-30-17-21-56-22-18-30;3-2(4,5)1(6)7/h9-10,12-13,25-26,29-30H,5-8,11,14-24H2,1-4H3,(H,43,53)(H,44,54)(H,47,49)(H,48,50);(H,6,7). The Hall–Kier alpha value is -5.82. The van der Waals surface area contributed by atoms with E-state index in [1.165, 1.54) is 0 Å². The van der Waals surface area contributed by atoms with Crippen LogP contribution in [0.15, 0.2) is 36.7 Å². The second kappa shape index (κ2) is 21.5. The number of carbonyl (C=O) groups is 3. The van der Waals surface area contributed by atoms with Crippen molar-refractivity contribution in [3.8, 4) is 0 Å². The summed E-state index contributed by atoms with van der Waals surface area (Å²) in [5.41, 5.74) is 9.17. The second-order valence-corrected chi connectivity index (χ2v) is 15.4. The second-order valence-electron chi connectivity index (χ2n) is 15.4. The van der Waals surface area contributed by atoms with E-state index >= 15 is 0 Å². The SMILES string of the molecule is CCc1nc2c(cnn2CC)c(NC2CCOCC2)c1CNC(=O)CCc1ccc(C(=O)NCc2c(CC)nc3c(cnn3CC)c2NC2CCOCC2)cc1.O=C(O)C(F)(F)F. The Bertz CT molecular complexity index is 2350. The fourth-order valence-corrected chi connectivity index (χ4v) is 7.83. The largest absolute Gasteiger partial charge is 0.490 e. The number of carboxylic acids is 1. The zero-order valence-electron chi connectivity index (χ0n) is 36.2. The molecule has 0 spiro atoms. The topological polar surface area (TPSA) is 199 Å². The first kappa shape index (κ1) is 46.7. The Labute approximate surface area is 363 Å². The number of nitrogens with zero attached hydrogens (tertiary/aromatic N) is 6. The van der Waals surface area contributed by atoms with Gasteiger partial charge >= 0.3 is 12.1 Å². The van der Waals surface area contributed by atoms with Gasteiger partial charge < -0.3 is 35.8 Å². The number of aromatic nitrogens is 6. The molecule has 4 aromatic heterocycles. The molecule has 7 rings (SSSR count). The van der Waals surface area contributed by atoms with Crippen molar-refractivity contribution in [1.82, 2.24) is 40.2 Å². The van der Waals surface area contributed by atoms with Crippen LogP contribution in [0.2, 0.25) is 0 Å². The maximum Gasteiger partial charge on any atom is 0.490 e. The van der Waals surface area contributed by atoms with Crippen molar-refractivity contribution < 1.29 is 42.1 Å². The first-order valence-electron chi connectivity index (χ1n) is 21.7. The van der Waals surface area contributed by atoms with E-state index in [-0.39, 0.29) is 23.9 Å². The lowest BCUT2D eigenvalue weighted by atomic mass is 10.0. The summed E-state index contributed by atoms with van der Waals surface area (Å²) in [6, 6.07) is 8.08. The first-order chi connectivity index (χ1) is 30.3. The minimum Gasteiger partial charge on any atom is -0.475 e. The Kier molecular flexibility index (Phi) is 15.9. The number of aryl methyl sites for hydroxylation is 5. The van der Waals surface area contributed by atoms with Gasteiger partial charge in [0.15, 0.2) is 11.3 Å². The van der Waals surface area contributed by atoms with Crippen molar-refractivity contribution in [2.75, 3.05) is 37.1 Å². The lowest BCUT2D eigenvalue weighted by Crippen LogP contribution is -2.30. The molecule has 0 aliphatic carbocycles. The summed E-state index contributed by atoms with van der Waals surface area (Å²) in [7, 11) is 0. The molecule has 2 fully saturated rings. The van der Waals surface area contributed by atoms with Crippen LogP contribution in [0.4, 0.5) is 24.5 Å². The van der Waals surface area contributed by atoms with Gasteiger partial charge in [-0.1, -0.05) is 26.0 Å². The molecular weight excluding hydrogens is 822 g/mol. The van der Waals surface area contributed by atoms with Gasteiger partial charge in [-0.3, -0.25) is 9.59 Å². The number of rotatable bonds is 16. The summed E-state index contributed by atoms with van der Waals surface area (Å²) in [6.45, 7) is 13.4. The van der Waals surface area contributed by atoms with Crippen molar-refractivity contribution >= 4 is 51.2 Å². The number of alkyl halides is 3. The Morgan fingerprint density at radius 2 is 1.17 bits per heavy atom. The smallest absolute Gasteiger partial charge is 0.475 e. The number of carboxylic acid groups (broad SMARTS) is 1. The summed E-state index contributed by atoms with van der Waals surface area (Å²) in [4.78, 5) is 45.6. The summed E-state index contributed by atoms with van der Waals surface area (Å²) >= 11 is 0. The molecule has 2 aliphatic heterocycles. The molecule has 6 heterocycles. The van der Waals surface area contributed by atoms with E-state index in [0.717, 1.165) is 140 Å². The lowest BCUT2D eigenvalue weighted by molar-refractivity contribution is -0.192.